The first kappa shape index (κ1) is 12.5. The van der Waals surface area contributed by atoms with Crippen molar-refractivity contribution in [3.63, 3.8) is 0 Å². The molecule has 0 spiro atoms. The van der Waals surface area contributed by atoms with Gasteiger partial charge < -0.3 is 10.6 Å². The average molecular weight is 227 g/mol. The second-order valence-corrected chi connectivity index (χ2v) is 4.44. The maximum absolute atomic E-state index is 5.61. The fourth-order valence-corrected chi connectivity index (χ4v) is 2.37. The van der Waals surface area contributed by atoms with Gasteiger partial charge in [-0.2, -0.15) is 0 Å². The lowest BCUT2D eigenvalue weighted by Crippen LogP contribution is -2.30. The molecule has 1 rings (SSSR count). The van der Waals surface area contributed by atoms with Gasteiger partial charge in [0.25, 0.3) is 0 Å². The number of aromatic nitrogens is 1. The maximum atomic E-state index is 5.61. The Hall–Kier alpha value is -0.610. The van der Waals surface area contributed by atoms with Crippen LogP contribution in [0.15, 0.2) is 5.38 Å². The van der Waals surface area contributed by atoms with Gasteiger partial charge in [-0.3, -0.25) is 0 Å². The van der Waals surface area contributed by atoms with E-state index in [1.54, 1.807) is 11.3 Å². The third kappa shape index (κ3) is 3.80. The van der Waals surface area contributed by atoms with Gasteiger partial charge in [0, 0.05) is 25.0 Å². The van der Waals surface area contributed by atoms with Gasteiger partial charge in [0.2, 0.25) is 0 Å². The van der Waals surface area contributed by atoms with Crippen molar-refractivity contribution in [1.82, 2.24) is 4.98 Å². The SMILES string of the molecule is CCCCN(CCN)c1nc(CC)cs1. The number of unbranched alkanes of at least 4 members (excludes halogenated alkanes) is 1. The van der Waals surface area contributed by atoms with E-state index in [4.69, 9.17) is 5.73 Å². The molecule has 0 aliphatic heterocycles. The van der Waals surface area contributed by atoms with Crippen LogP contribution in [0.25, 0.3) is 0 Å². The number of thiazole rings is 1. The van der Waals surface area contributed by atoms with Gasteiger partial charge in [-0.05, 0) is 12.8 Å². The largest absolute Gasteiger partial charge is 0.347 e. The molecule has 4 heteroatoms. The summed E-state index contributed by atoms with van der Waals surface area (Å²) in [6, 6.07) is 0. The molecule has 0 aliphatic carbocycles. The summed E-state index contributed by atoms with van der Waals surface area (Å²) in [5.41, 5.74) is 6.80. The molecule has 0 amide bonds. The summed E-state index contributed by atoms with van der Waals surface area (Å²) in [7, 11) is 0. The van der Waals surface area contributed by atoms with Crippen LogP contribution in [0, 0.1) is 0 Å². The zero-order chi connectivity index (χ0) is 11.1. The number of hydrogen-bond donors (Lipinski definition) is 1. The van der Waals surface area contributed by atoms with E-state index in [-0.39, 0.29) is 0 Å². The topological polar surface area (TPSA) is 42.1 Å². The Kier molecular flexibility index (Phi) is 5.65. The Bertz CT molecular complexity index is 273. The van der Waals surface area contributed by atoms with E-state index >= 15 is 0 Å². The van der Waals surface area contributed by atoms with Crippen molar-refractivity contribution in [2.24, 2.45) is 5.73 Å². The molecular weight excluding hydrogens is 206 g/mol. The molecule has 0 unspecified atom stereocenters. The first-order valence-electron chi connectivity index (χ1n) is 5.71. The molecule has 1 heterocycles. The van der Waals surface area contributed by atoms with Crippen LogP contribution in [-0.2, 0) is 6.42 Å². The zero-order valence-corrected chi connectivity index (χ0v) is 10.5. The van der Waals surface area contributed by atoms with Gasteiger partial charge in [0.1, 0.15) is 0 Å². The first-order valence-corrected chi connectivity index (χ1v) is 6.59. The summed E-state index contributed by atoms with van der Waals surface area (Å²) >= 11 is 1.73. The van der Waals surface area contributed by atoms with Gasteiger partial charge in [0.05, 0.1) is 5.69 Å². The molecule has 0 aromatic carbocycles. The number of anilines is 1. The summed E-state index contributed by atoms with van der Waals surface area (Å²) in [4.78, 5) is 6.89. The summed E-state index contributed by atoms with van der Waals surface area (Å²) in [5, 5.41) is 3.27. The molecule has 0 bridgehead atoms. The summed E-state index contributed by atoms with van der Waals surface area (Å²) < 4.78 is 0. The lowest BCUT2D eigenvalue weighted by Gasteiger charge is -2.20. The minimum atomic E-state index is 0.699. The molecule has 0 radical (unpaired) electrons. The van der Waals surface area contributed by atoms with Crippen molar-refractivity contribution < 1.29 is 0 Å². The Labute approximate surface area is 96.3 Å². The molecule has 0 aliphatic rings. The Morgan fingerprint density at radius 3 is 2.73 bits per heavy atom. The summed E-state index contributed by atoms with van der Waals surface area (Å²) in [6.45, 7) is 7.03. The number of aryl methyl sites for hydroxylation is 1. The Morgan fingerprint density at radius 1 is 1.40 bits per heavy atom. The lowest BCUT2D eigenvalue weighted by molar-refractivity contribution is 0.712. The average Bonchev–Trinajstić information content (AvgIpc) is 2.72. The van der Waals surface area contributed by atoms with Gasteiger partial charge in [0.15, 0.2) is 5.13 Å². The van der Waals surface area contributed by atoms with Gasteiger partial charge in [-0.1, -0.05) is 20.3 Å². The third-order valence-electron chi connectivity index (χ3n) is 2.35. The highest BCUT2D eigenvalue weighted by Crippen LogP contribution is 2.20. The molecule has 1 aromatic heterocycles. The molecule has 1 aromatic rings. The number of nitrogens with two attached hydrogens (primary N) is 1. The molecule has 3 nitrogen and oxygen atoms in total. The fourth-order valence-electron chi connectivity index (χ4n) is 1.41. The van der Waals surface area contributed by atoms with E-state index in [2.05, 4.69) is 29.1 Å². The van der Waals surface area contributed by atoms with E-state index in [1.165, 1.54) is 18.5 Å². The van der Waals surface area contributed by atoms with Crippen LogP contribution in [0.3, 0.4) is 0 Å². The Morgan fingerprint density at radius 2 is 2.20 bits per heavy atom. The second-order valence-electron chi connectivity index (χ2n) is 3.60. The minimum Gasteiger partial charge on any atom is -0.347 e. The van der Waals surface area contributed by atoms with Crippen molar-refractivity contribution in [2.45, 2.75) is 33.1 Å². The molecule has 0 fully saturated rings. The smallest absolute Gasteiger partial charge is 0.185 e. The molecule has 0 saturated carbocycles. The highest BCUT2D eigenvalue weighted by molar-refractivity contribution is 7.13. The van der Waals surface area contributed by atoms with Crippen LogP contribution in [0.2, 0.25) is 0 Å². The van der Waals surface area contributed by atoms with Crippen LogP contribution >= 0.6 is 11.3 Å². The summed E-state index contributed by atoms with van der Waals surface area (Å²) in [6.07, 6.45) is 3.44. The van der Waals surface area contributed by atoms with E-state index in [0.29, 0.717) is 6.54 Å². The predicted molar refractivity (Wildman–Crippen MR) is 67.7 cm³/mol. The van der Waals surface area contributed by atoms with Crippen molar-refractivity contribution >= 4 is 16.5 Å². The van der Waals surface area contributed by atoms with Crippen LogP contribution < -0.4 is 10.6 Å². The molecule has 86 valence electrons. The highest BCUT2D eigenvalue weighted by atomic mass is 32.1. The zero-order valence-electron chi connectivity index (χ0n) is 9.70. The quantitative estimate of drug-likeness (QED) is 0.777. The number of rotatable bonds is 7. The molecule has 0 atom stereocenters. The number of hydrogen-bond acceptors (Lipinski definition) is 4. The Balaban J connectivity index is 2.60. The van der Waals surface area contributed by atoms with Gasteiger partial charge in [-0.15, -0.1) is 11.3 Å². The van der Waals surface area contributed by atoms with Crippen molar-refractivity contribution in [3.8, 4) is 0 Å². The van der Waals surface area contributed by atoms with E-state index in [0.717, 1.165) is 24.6 Å². The van der Waals surface area contributed by atoms with Gasteiger partial charge in [-0.25, -0.2) is 4.98 Å². The second kappa shape index (κ2) is 6.80. The fraction of sp³-hybridized carbons (Fsp3) is 0.727. The molecule has 2 N–H and O–H groups in total. The first-order chi connectivity index (χ1) is 7.31. The van der Waals surface area contributed by atoms with Crippen molar-refractivity contribution in [2.75, 3.05) is 24.5 Å². The van der Waals surface area contributed by atoms with Crippen LogP contribution in [0.4, 0.5) is 5.13 Å². The van der Waals surface area contributed by atoms with E-state index < -0.39 is 0 Å². The molecule has 15 heavy (non-hydrogen) atoms. The third-order valence-corrected chi connectivity index (χ3v) is 3.30. The lowest BCUT2D eigenvalue weighted by atomic mass is 10.3. The van der Waals surface area contributed by atoms with Gasteiger partial charge >= 0.3 is 0 Å². The van der Waals surface area contributed by atoms with Crippen molar-refractivity contribution in [1.29, 1.82) is 0 Å². The highest BCUT2D eigenvalue weighted by Gasteiger charge is 2.08. The normalized spacial score (nSPS) is 10.6. The molecule has 0 saturated heterocycles. The van der Waals surface area contributed by atoms with Crippen LogP contribution in [0.5, 0.6) is 0 Å². The standard InChI is InChI=1S/C11H21N3S/c1-3-5-7-14(8-6-12)11-13-10(4-2)9-15-11/h9H,3-8,12H2,1-2H3. The minimum absolute atomic E-state index is 0.699. The van der Waals surface area contributed by atoms with Crippen LogP contribution in [-0.4, -0.2) is 24.6 Å². The van der Waals surface area contributed by atoms with E-state index in [1.807, 2.05) is 0 Å². The maximum Gasteiger partial charge on any atom is 0.185 e. The van der Waals surface area contributed by atoms with E-state index in [9.17, 15) is 0 Å². The van der Waals surface area contributed by atoms with Crippen LogP contribution in [0.1, 0.15) is 32.4 Å². The summed E-state index contributed by atoms with van der Waals surface area (Å²) in [5.74, 6) is 0. The van der Waals surface area contributed by atoms with Crippen molar-refractivity contribution in [3.05, 3.63) is 11.1 Å². The number of nitrogens with zero attached hydrogens (tertiary/aromatic N) is 2. The predicted octanol–water partition coefficient (Wildman–Crippen LogP) is 2.27. The monoisotopic (exact) mass is 227 g/mol. The molecular formula is C11H21N3S.